The third-order valence-corrected chi connectivity index (χ3v) is 8.86. The minimum absolute atomic E-state index is 0.176. The van der Waals surface area contributed by atoms with Crippen LogP contribution in [0.1, 0.15) is 39.7 Å². The molecule has 5 heterocycles. The third kappa shape index (κ3) is 5.50. The molecule has 0 spiro atoms. The Morgan fingerprint density at radius 1 is 1.18 bits per heavy atom. The first kappa shape index (κ1) is 26.2. The van der Waals surface area contributed by atoms with Crippen molar-refractivity contribution < 1.29 is 4.79 Å². The highest BCUT2D eigenvalue weighted by Crippen LogP contribution is 2.35. The first-order chi connectivity index (χ1) is 18.7. The number of nitrogens with one attached hydrogen (secondary N) is 3. The van der Waals surface area contributed by atoms with E-state index in [0.29, 0.717) is 18.6 Å². The molecule has 1 amide bonds. The number of carbonyl (C=O) groups excluding carboxylic acids is 1. The monoisotopic (exact) mass is 546 g/mol. The quantitative estimate of drug-likeness (QED) is 0.399. The lowest BCUT2D eigenvalue weighted by atomic mass is 9.88. The number of carbonyl (C=O) groups is 1. The van der Waals surface area contributed by atoms with E-state index in [9.17, 15) is 4.79 Å². The second-order valence-electron chi connectivity index (χ2n) is 11.9. The topological polar surface area (TPSA) is 98.3 Å². The molecule has 3 aliphatic heterocycles. The molecule has 1 fully saturated rings. The Labute approximate surface area is 234 Å². The van der Waals surface area contributed by atoms with Gasteiger partial charge in [0.1, 0.15) is 18.0 Å². The lowest BCUT2D eigenvalue weighted by Crippen LogP contribution is -2.57. The summed E-state index contributed by atoms with van der Waals surface area (Å²) in [5, 5.41) is 10.7. The Balaban J connectivity index is 1.09. The molecule has 0 saturated carbocycles. The number of hydrogen-bond donors (Lipinski definition) is 3. The second-order valence-corrected chi connectivity index (χ2v) is 12.8. The molecule has 0 bridgehead atoms. The van der Waals surface area contributed by atoms with E-state index >= 15 is 0 Å². The molecule has 10 heteroatoms. The highest BCUT2D eigenvalue weighted by atomic mass is 32.1. The average molecular weight is 547 g/mol. The molecule has 3 aromatic rings. The van der Waals surface area contributed by atoms with E-state index in [-0.39, 0.29) is 11.9 Å². The SMILES string of the molecule is CC1CN(CC(C)(C)C(=O)N2CC=C(C3Cc4c(Nc5ccc6ncsc6c5)ncnc4N3)CC2)CC(C)N1. The molecule has 39 heavy (non-hydrogen) atoms. The number of amides is 1. The Bertz CT molecular complexity index is 1390. The van der Waals surface area contributed by atoms with E-state index in [1.54, 1.807) is 17.7 Å². The minimum Gasteiger partial charge on any atom is -0.363 e. The van der Waals surface area contributed by atoms with Crippen LogP contribution in [-0.2, 0) is 11.2 Å². The van der Waals surface area contributed by atoms with Crippen molar-refractivity contribution in [2.45, 2.75) is 58.7 Å². The molecular weight excluding hydrogens is 508 g/mol. The van der Waals surface area contributed by atoms with Crippen molar-refractivity contribution in [3.8, 4) is 0 Å². The Morgan fingerprint density at radius 3 is 2.77 bits per heavy atom. The summed E-state index contributed by atoms with van der Waals surface area (Å²) < 4.78 is 1.15. The fourth-order valence-electron chi connectivity index (χ4n) is 6.36. The van der Waals surface area contributed by atoms with Crippen LogP contribution < -0.4 is 16.0 Å². The summed E-state index contributed by atoms with van der Waals surface area (Å²) >= 11 is 1.63. The normalized spacial score (nSPS) is 23.8. The largest absolute Gasteiger partial charge is 0.363 e. The van der Waals surface area contributed by atoms with E-state index in [1.165, 1.54) is 5.57 Å². The maximum atomic E-state index is 13.6. The molecule has 3 unspecified atom stereocenters. The third-order valence-electron chi connectivity index (χ3n) is 8.07. The van der Waals surface area contributed by atoms with Crippen molar-refractivity contribution in [2.24, 2.45) is 5.41 Å². The van der Waals surface area contributed by atoms with E-state index < -0.39 is 5.41 Å². The van der Waals surface area contributed by atoms with E-state index in [4.69, 9.17) is 0 Å². The Hall–Kier alpha value is -3.08. The first-order valence-corrected chi connectivity index (χ1v) is 14.8. The molecule has 0 aliphatic carbocycles. The van der Waals surface area contributed by atoms with Gasteiger partial charge in [0.05, 0.1) is 27.2 Å². The number of nitrogens with zero attached hydrogens (tertiary/aromatic N) is 5. The van der Waals surface area contributed by atoms with Crippen LogP contribution in [0.3, 0.4) is 0 Å². The minimum atomic E-state index is -0.414. The van der Waals surface area contributed by atoms with Gasteiger partial charge < -0.3 is 20.9 Å². The summed E-state index contributed by atoms with van der Waals surface area (Å²) in [7, 11) is 0. The van der Waals surface area contributed by atoms with Gasteiger partial charge in [-0.25, -0.2) is 15.0 Å². The summed E-state index contributed by atoms with van der Waals surface area (Å²) in [6.07, 6.45) is 5.55. The predicted molar refractivity (Wildman–Crippen MR) is 158 cm³/mol. The maximum absolute atomic E-state index is 13.6. The lowest BCUT2D eigenvalue weighted by Gasteiger charge is -2.41. The summed E-state index contributed by atoms with van der Waals surface area (Å²) in [6.45, 7) is 12.8. The molecule has 3 atom stereocenters. The zero-order valence-corrected chi connectivity index (χ0v) is 24.0. The van der Waals surface area contributed by atoms with Gasteiger partial charge in [-0.1, -0.05) is 6.08 Å². The molecule has 1 saturated heterocycles. The lowest BCUT2D eigenvalue weighted by molar-refractivity contribution is -0.141. The molecule has 6 rings (SSSR count). The number of rotatable bonds is 6. The van der Waals surface area contributed by atoms with Crippen LogP contribution in [0.5, 0.6) is 0 Å². The predicted octanol–water partition coefficient (Wildman–Crippen LogP) is 4.03. The summed E-state index contributed by atoms with van der Waals surface area (Å²) in [4.78, 5) is 31.5. The van der Waals surface area contributed by atoms with Crippen molar-refractivity contribution in [1.82, 2.24) is 30.1 Å². The number of piperazine rings is 1. The number of anilines is 3. The van der Waals surface area contributed by atoms with Crippen LogP contribution in [-0.4, -0.2) is 81.5 Å². The van der Waals surface area contributed by atoms with E-state index in [0.717, 1.165) is 72.1 Å². The number of fused-ring (bicyclic) bond motifs is 2. The van der Waals surface area contributed by atoms with Crippen molar-refractivity contribution in [3.05, 3.63) is 47.2 Å². The van der Waals surface area contributed by atoms with Crippen molar-refractivity contribution >= 4 is 44.8 Å². The van der Waals surface area contributed by atoms with Gasteiger partial charge in [-0.15, -0.1) is 11.3 Å². The van der Waals surface area contributed by atoms with Crippen molar-refractivity contribution in [1.29, 1.82) is 0 Å². The van der Waals surface area contributed by atoms with Crippen LogP contribution in [0.4, 0.5) is 17.3 Å². The highest BCUT2D eigenvalue weighted by Gasteiger charge is 2.37. The molecule has 2 aromatic heterocycles. The molecule has 3 aliphatic rings. The van der Waals surface area contributed by atoms with Crippen LogP contribution in [0.15, 0.2) is 41.7 Å². The zero-order valence-electron chi connectivity index (χ0n) is 23.2. The molecule has 1 aromatic carbocycles. The zero-order chi connectivity index (χ0) is 27.1. The summed E-state index contributed by atoms with van der Waals surface area (Å²) in [5.74, 6) is 1.97. The Morgan fingerprint density at radius 2 is 2.00 bits per heavy atom. The van der Waals surface area contributed by atoms with E-state index in [1.807, 2.05) is 22.5 Å². The highest BCUT2D eigenvalue weighted by molar-refractivity contribution is 7.16. The Kier molecular flexibility index (Phi) is 7.03. The second kappa shape index (κ2) is 10.5. The summed E-state index contributed by atoms with van der Waals surface area (Å²) in [6, 6.07) is 7.26. The fourth-order valence-corrected chi connectivity index (χ4v) is 7.08. The number of aromatic nitrogens is 3. The standard InChI is InChI=1S/C29H38N8OS/c1-18-13-36(14-19(2)33-18)15-29(3,4)28(38)37-9-7-20(8-10-37)24-12-22-26(30-16-31-27(22)35-24)34-21-5-6-23-25(11-21)39-17-32-23/h5-7,11,16-19,24,33H,8-10,12-15H2,1-4H3,(H2,30,31,34,35). The average Bonchev–Trinajstić information content (AvgIpc) is 3.55. The fraction of sp³-hybridized carbons (Fsp3) is 0.517. The van der Waals surface area contributed by atoms with Gasteiger partial charge in [-0.05, 0) is 57.9 Å². The van der Waals surface area contributed by atoms with Crippen LogP contribution in [0.2, 0.25) is 0 Å². The van der Waals surface area contributed by atoms with Gasteiger partial charge in [0.2, 0.25) is 5.91 Å². The van der Waals surface area contributed by atoms with Crippen LogP contribution in [0.25, 0.3) is 10.2 Å². The smallest absolute Gasteiger partial charge is 0.229 e. The molecule has 3 N–H and O–H groups in total. The van der Waals surface area contributed by atoms with Gasteiger partial charge in [0.15, 0.2) is 0 Å². The van der Waals surface area contributed by atoms with Gasteiger partial charge in [-0.3, -0.25) is 9.69 Å². The molecule has 206 valence electrons. The van der Waals surface area contributed by atoms with Crippen molar-refractivity contribution in [2.75, 3.05) is 43.4 Å². The summed E-state index contributed by atoms with van der Waals surface area (Å²) in [5.41, 5.74) is 5.90. The molecule has 9 nitrogen and oxygen atoms in total. The number of thiazole rings is 1. The van der Waals surface area contributed by atoms with Gasteiger partial charge in [-0.2, -0.15) is 0 Å². The van der Waals surface area contributed by atoms with Gasteiger partial charge >= 0.3 is 0 Å². The number of hydrogen-bond acceptors (Lipinski definition) is 9. The number of benzene rings is 1. The molecule has 0 radical (unpaired) electrons. The van der Waals surface area contributed by atoms with Crippen LogP contribution >= 0.6 is 11.3 Å². The van der Waals surface area contributed by atoms with E-state index in [2.05, 4.69) is 75.6 Å². The van der Waals surface area contributed by atoms with Crippen LogP contribution in [0, 0.1) is 5.41 Å². The molecular formula is C29H38N8OS. The van der Waals surface area contributed by atoms with Gasteiger partial charge in [0.25, 0.3) is 0 Å². The maximum Gasteiger partial charge on any atom is 0.229 e. The van der Waals surface area contributed by atoms with Gasteiger partial charge in [0, 0.05) is 62.5 Å². The first-order valence-electron chi connectivity index (χ1n) is 13.9. The van der Waals surface area contributed by atoms with Crippen molar-refractivity contribution in [3.63, 3.8) is 0 Å².